The zero-order chi connectivity index (χ0) is 14.4. The first-order valence-corrected chi connectivity index (χ1v) is 6.64. The van der Waals surface area contributed by atoms with Crippen molar-refractivity contribution in [1.29, 1.82) is 0 Å². The lowest BCUT2D eigenvalue weighted by Crippen LogP contribution is -2.19. The lowest BCUT2D eigenvalue weighted by Gasteiger charge is -2.04. The molecule has 0 radical (unpaired) electrons. The molecule has 1 N–H and O–H groups in total. The van der Waals surface area contributed by atoms with Gasteiger partial charge in [-0.3, -0.25) is 0 Å². The van der Waals surface area contributed by atoms with Gasteiger partial charge in [-0.1, -0.05) is 13.8 Å². The zero-order valence-electron chi connectivity index (χ0n) is 12.1. The first-order chi connectivity index (χ1) is 9.67. The molecule has 2 aromatic rings. The Hall–Kier alpha value is -2.01. The Morgan fingerprint density at radius 2 is 1.90 bits per heavy atom. The summed E-state index contributed by atoms with van der Waals surface area (Å²) in [6.07, 6.45) is 1.85. The van der Waals surface area contributed by atoms with Crippen LogP contribution in [0.15, 0.2) is 34.9 Å². The second-order valence-corrected chi connectivity index (χ2v) is 4.91. The Kier molecular flexibility index (Phi) is 5.01. The van der Waals surface area contributed by atoms with Crippen LogP contribution in [0.25, 0.3) is 0 Å². The molecule has 0 bridgehead atoms. The molecular formula is C15H20N2O3. The van der Waals surface area contributed by atoms with Crippen LogP contribution in [0.1, 0.15) is 19.5 Å². The van der Waals surface area contributed by atoms with Crippen LogP contribution in [0.5, 0.6) is 17.6 Å². The minimum atomic E-state index is 0.247. The number of hydrogen-bond donors (Lipinski definition) is 1. The topological polar surface area (TPSA) is 56.5 Å². The van der Waals surface area contributed by atoms with Crippen LogP contribution >= 0.6 is 0 Å². The molecule has 20 heavy (non-hydrogen) atoms. The molecule has 0 saturated carbocycles. The largest absolute Gasteiger partial charge is 0.497 e. The Bertz CT molecular complexity index is 520. The molecule has 0 spiro atoms. The minimum absolute atomic E-state index is 0.247. The summed E-state index contributed by atoms with van der Waals surface area (Å²) in [5.74, 6) is 2.05. The van der Waals surface area contributed by atoms with Gasteiger partial charge in [0.25, 0.3) is 0 Å². The molecule has 2 rings (SSSR count). The van der Waals surface area contributed by atoms with E-state index in [1.807, 2.05) is 12.1 Å². The van der Waals surface area contributed by atoms with Gasteiger partial charge in [-0.2, -0.15) is 4.98 Å². The van der Waals surface area contributed by atoms with Crippen molar-refractivity contribution >= 4 is 0 Å². The summed E-state index contributed by atoms with van der Waals surface area (Å²) in [4.78, 5) is 4.26. The highest BCUT2D eigenvalue weighted by Crippen LogP contribution is 2.23. The standard InChI is InChI=1S/C15H20N2O3/c1-11(2)8-16-9-12-10-19-15(17-12)20-14-6-4-13(18-3)5-7-14/h4-7,10-11,16H,8-9H2,1-3H3. The smallest absolute Gasteiger partial charge is 0.399 e. The van der Waals surface area contributed by atoms with Crippen molar-refractivity contribution in [3.05, 3.63) is 36.2 Å². The minimum Gasteiger partial charge on any atom is -0.497 e. The summed E-state index contributed by atoms with van der Waals surface area (Å²) in [6, 6.07) is 7.26. The third kappa shape index (κ3) is 4.28. The van der Waals surface area contributed by atoms with Gasteiger partial charge in [0.1, 0.15) is 17.8 Å². The number of benzene rings is 1. The van der Waals surface area contributed by atoms with Gasteiger partial charge in [0.2, 0.25) is 0 Å². The van der Waals surface area contributed by atoms with Crippen molar-refractivity contribution in [3.8, 4) is 17.6 Å². The van der Waals surface area contributed by atoms with E-state index in [1.165, 1.54) is 0 Å². The lowest BCUT2D eigenvalue weighted by molar-refractivity contribution is 0.330. The average molecular weight is 276 g/mol. The van der Waals surface area contributed by atoms with E-state index in [1.54, 1.807) is 25.5 Å². The van der Waals surface area contributed by atoms with Crippen molar-refractivity contribution in [3.63, 3.8) is 0 Å². The van der Waals surface area contributed by atoms with Crippen molar-refractivity contribution in [2.45, 2.75) is 20.4 Å². The van der Waals surface area contributed by atoms with E-state index in [-0.39, 0.29) is 6.08 Å². The molecule has 0 amide bonds. The van der Waals surface area contributed by atoms with Crippen molar-refractivity contribution in [2.24, 2.45) is 5.92 Å². The predicted molar refractivity (Wildman–Crippen MR) is 76.1 cm³/mol. The summed E-state index contributed by atoms with van der Waals surface area (Å²) in [5.41, 5.74) is 0.828. The van der Waals surface area contributed by atoms with E-state index < -0.39 is 0 Å². The molecule has 108 valence electrons. The Balaban J connectivity index is 1.88. The van der Waals surface area contributed by atoms with E-state index >= 15 is 0 Å². The number of oxazole rings is 1. The van der Waals surface area contributed by atoms with Gasteiger partial charge in [0.05, 0.1) is 12.8 Å². The summed E-state index contributed by atoms with van der Waals surface area (Å²) in [5, 5.41) is 3.30. The maximum atomic E-state index is 5.52. The molecule has 1 aromatic carbocycles. The van der Waals surface area contributed by atoms with Crippen LogP contribution < -0.4 is 14.8 Å². The normalized spacial score (nSPS) is 10.8. The molecule has 1 heterocycles. The second-order valence-electron chi connectivity index (χ2n) is 4.91. The average Bonchev–Trinajstić information content (AvgIpc) is 2.87. The number of aromatic nitrogens is 1. The van der Waals surface area contributed by atoms with Gasteiger partial charge in [-0.25, -0.2) is 0 Å². The molecule has 5 nitrogen and oxygen atoms in total. The molecule has 0 saturated heterocycles. The van der Waals surface area contributed by atoms with Crippen molar-refractivity contribution in [1.82, 2.24) is 10.3 Å². The van der Waals surface area contributed by atoms with E-state index in [2.05, 4.69) is 24.1 Å². The third-order valence-electron chi connectivity index (χ3n) is 2.65. The number of methoxy groups -OCH3 is 1. The molecule has 0 unspecified atom stereocenters. The predicted octanol–water partition coefficient (Wildman–Crippen LogP) is 3.22. The summed E-state index contributed by atoms with van der Waals surface area (Å²) in [7, 11) is 1.63. The van der Waals surface area contributed by atoms with E-state index in [4.69, 9.17) is 13.9 Å². The van der Waals surface area contributed by atoms with E-state index in [9.17, 15) is 0 Å². The molecule has 1 aromatic heterocycles. The van der Waals surface area contributed by atoms with E-state index in [0.29, 0.717) is 18.2 Å². The van der Waals surface area contributed by atoms with Crippen LogP contribution in [0.4, 0.5) is 0 Å². The molecule has 0 atom stereocenters. The fraction of sp³-hybridized carbons (Fsp3) is 0.400. The highest BCUT2D eigenvalue weighted by molar-refractivity contribution is 5.32. The van der Waals surface area contributed by atoms with Crippen LogP contribution in [0, 0.1) is 5.92 Å². The Labute approximate surface area is 118 Å². The van der Waals surface area contributed by atoms with Crippen molar-refractivity contribution < 1.29 is 13.9 Å². The molecule has 0 aliphatic heterocycles. The van der Waals surface area contributed by atoms with Crippen LogP contribution in [-0.2, 0) is 6.54 Å². The highest BCUT2D eigenvalue weighted by atomic mass is 16.6. The van der Waals surface area contributed by atoms with Gasteiger partial charge < -0.3 is 19.2 Å². The van der Waals surface area contributed by atoms with E-state index in [0.717, 1.165) is 18.0 Å². The maximum absolute atomic E-state index is 5.52. The number of rotatable bonds is 7. The molecule has 0 aliphatic rings. The quantitative estimate of drug-likeness (QED) is 0.841. The molecular weight excluding hydrogens is 256 g/mol. The molecule has 0 aliphatic carbocycles. The summed E-state index contributed by atoms with van der Waals surface area (Å²) >= 11 is 0. The molecule has 0 fully saturated rings. The highest BCUT2D eigenvalue weighted by Gasteiger charge is 2.06. The zero-order valence-corrected chi connectivity index (χ0v) is 12.1. The number of nitrogens with zero attached hydrogens (tertiary/aromatic N) is 1. The fourth-order valence-electron chi connectivity index (χ4n) is 1.65. The first-order valence-electron chi connectivity index (χ1n) is 6.64. The second kappa shape index (κ2) is 6.96. The van der Waals surface area contributed by atoms with Crippen molar-refractivity contribution in [2.75, 3.05) is 13.7 Å². The van der Waals surface area contributed by atoms with Gasteiger partial charge in [0, 0.05) is 6.54 Å². The Morgan fingerprint density at radius 3 is 2.55 bits per heavy atom. The Morgan fingerprint density at radius 1 is 1.20 bits per heavy atom. The number of hydrogen-bond acceptors (Lipinski definition) is 5. The van der Waals surface area contributed by atoms with Gasteiger partial charge in [0.15, 0.2) is 0 Å². The van der Waals surface area contributed by atoms with Gasteiger partial charge in [-0.05, 0) is 36.7 Å². The SMILES string of the molecule is COc1ccc(Oc2nc(CNCC(C)C)co2)cc1. The lowest BCUT2D eigenvalue weighted by atomic mass is 10.2. The van der Waals surface area contributed by atoms with Crippen LogP contribution in [-0.4, -0.2) is 18.6 Å². The summed E-state index contributed by atoms with van der Waals surface area (Å²) in [6.45, 7) is 5.94. The first kappa shape index (κ1) is 14.4. The van der Waals surface area contributed by atoms with Gasteiger partial charge >= 0.3 is 6.08 Å². The fourth-order valence-corrected chi connectivity index (χ4v) is 1.65. The van der Waals surface area contributed by atoms with Gasteiger partial charge in [-0.15, -0.1) is 0 Å². The monoisotopic (exact) mass is 276 g/mol. The molecule has 5 heteroatoms. The number of nitrogens with one attached hydrogen (secondary N) is 1. The van der Waals surface area contributed by atoms with Crippen LogP contribution in [0.3, 0.4) is 0 Å². The third-order valence-corrected chi connectivity index (χ3v) is 2.65. The number of ether oxygens (including phenoxy) is 2. The van der Waals surface area contributed by atoms with Crippen LogP contribution in [0.2, 0.25) is 0 Å². The maximum Gasteiger partial charge on any atom is 0.399 e. The summed E-state index contributed by atoms with van der Waals surface area (Å²) < 4.78 is 15.9.